The summed E-state index contributed by atoms with van der Waals surface area (Å²) in [6, 6.07) is 0. The normalized spacial score (nSPS) is 12.1. The van der Waals surface area contributed by atoms with Crippen LogP contribution in [0.1, 0.15) is 33.6 Å². The molecule has 19 heavy (non-hydrogen) atoms. The molecule has 0 aliphatic rings. The SMILES string of the molecule is COCC/C(CC[N+](=O)[O-])=N/NC(=O)OC(C)(C)C. The fourth-order valence-corrected chi connectivity index (χ4v) is 1.10. The molecule has 0 atom stereocenters. The third kappa shape index (κ3) is 11.1. The summed E-state index contributed by atoms with van der Waals surface area (Å²) in [6.45, 7) is 5.34. The first-order chi connectivity index (χ1) is 8.74. The van der Waals surface area contributed by atoms with Gasteiger partial charge in [-0.25, -0.2) is 10.2 Å². The number of carbonyl (C=O) groups is 1. The highest BCUT2D eigenvalue weighted by Crippen LogP contribution is 2.06. The number of nitrogens with one attached hydrogen (secondary N) is 1. The lowest BCUT2D eigenvalue weighted by atomic mass is 10.2. The van der Waals surface area contributed by atoms with Crippen LogP contribution in [0.15, 0.2) is 5.10 Å². The second kappa shape index (κ2) is 8.41. The van der Waals surface area contributed by atoms with Crippen LogP contribution in [0, 0.1) is 10.1 Å². The molecular weight excluding hydrogens is 254 g/mol. The largest absolute Gasteiger partial charge is 0.443 e. The van der Waals surface area contributed by atoms with Gasteiger partial charge in [-0.3, -0.25) is 10.1 Å². The second-order valence-electron chi connectivity index (χ2n) is 4.84. The molecule has 0 unspecified atom stereocenters. The number of carbonyl (C=O) groups excluding carboxylic acids is 1. The van der Waals surface area contributed by atoms with Crippen LogP contribution in [-0.2, 0) is 9.47 Å². The van der Waals surface area contributed by atoms with Crippen LogP contribution in [0.3, 0.4) is 0 Å². The van der Waals surface area contributed by atoms with E-state index in [2.05, 4.69) is 10.5 Å². The average Bonchev–Trinajstić information content (AvgIpc) is 2.25. The Kier molecular flexibility index (Phi) is 7.66. The molecule has 0 radical (unpaired) electrons. The van der Waals surface area contributed by atoms with Gasteiger partial charge in [0.25, 0.3) is 0 Å². The van der Waals surface area contributed by atoms with Crippen LogP contribution in [0.25, 0.3) is 0 Å². The minimum absolute atomic E-state index is 0.159. The summed E-state index contributed by atoms with van der Waals surface area (Å²) < 4.78 is 9.87. The van der Waals surface area contributed by atoms with Crippen molar-refractivity contribution in [1.82, 2.24) is 5.43 Å². The van der Waals surface area contributed by atoms with E-state index in [0.29, 0.717) is 18.7 Å². The highest BCUT2D eigenvalue weighted by molar-refractivity contribution is 5.85. The maximum absolute atomic E-state index is 11.4. The zero-order valence-electron chi connectivity index (χ0n) is 11.8. The predicted molar refractivity (Wildman–Crippen MR) is 69.8 cm³/mol. The standard InChI is InChI=1S/C11H21N3O5/c1-11(2,3)19-10(15)13-12-9(6-8-18-4)5-7-14(16)17/h5-8H2,1-4H3,(H,13,15)/b12-9+. The van der Waals surface area contributed by atoms with Crippen molar-refractivity contribution in [3.8, 4) is 0 Å². The smallest absolute Gasteiger partial charge is 0.428 e. The lowest BCUT2D eigenvalue weighted by Crippen LogP contribution is -2.30. The molecule has 110 valence electrons. The number of nitro groups is 1. The van der Waals surface area contributed by atoms with E-state index in [-0.39, 0.29) is 13.0 Å². The number of rotatable bonds is 7. The molecule has 0 aromatic carbocycles. The van der Waals surface area contributed by atoms with Crippen molar-refractivity contribution in [2.75, 3.05) is 20.3 Å². The summed E-state index contributed by atoms with van der Waals surface area (Å²) in [5.74, 6) is 0. The van der Waals surface area contributed by atoms with Gasteiger partial charge in [-0.1, -0.05) is 0 Å². The number of ether oxygens (including phenoxy) is 2. The first kappa shape index (κ1) is 17.3. The van der Waals surface area contributed by atoms with Crippen LogP contribution in [0.2, 0.25) is 0 Å². The lowest BCUT2D eigenvalue weighted by Gasteiger charge is -2.18. The number of amides is 1. The van der Waals surface area contributed by atoms with E-state index in [1.165, 1.54) is 7.11 Å². The molecule has 0 aromatic heterocycles. The summed E-state index contributed by atoms with van der Waals surface area (Å²) in [5.41, 5.74) is 2.09. The molecule has 0 spiro atoms. The summed E-state index contributed by atoms with van der Waals surface area (Å²) >= 11 is 0. The van der Waals surface area contributed by atoms with E-state index >= 15 is 0 Å². The molecule has 0 saturated heterocycles. The molecule has 0 aliphatic heterocycles. The number of hydrazone groups is 1. The van der Waals surface area contributed by atoms with E-state index in [4.69, 9.17) is 9.47 Å². The third-order valence-corrected chi connectivity index (χ3v) is 1.88. The third-order valence-electron chi connectivity index (χ3n) is 1.88. The second-order valence-corrected chi connectivity index (χ2v) is 4.84. The van der Waals surface area contributed by atoms with Gasteiger partial charge in [0.05, 0.1) is 13.0 Å². The minimum atomic E-state index is -0.691. The Morgan fingerprint density at radius 1 is 1.37 bits per heavy atom. The monoisotopic (exact) mass is 275 g/mol. The van der Waals surface area contributed by atoms with Gasteiger partial charge in [-0.15, -0.1) is 0 Å². The number of hydrogen-bond donors (Lipinski definition) is 1. The van der Waals surface area contributed by atoms with Crippen molar-refractivity contribution in [1.29, 1.82) is 0 Å². The van der Waals surface area contributed by atoms with Crippen LogP contribution in [0.5, 0.6) is 0 Å². The number of nitrogens with zero attached hydrogens (tertiary/aromatic N) is 2. The van der Waals surface area contributed by atoms with Crippen LogP contribution < -0.4 is 5.43 Å². The Labute approximate surface area is 112 Å². The van der Waals surface area contributed by atoms with Gasteiger partial charge < -0.3 is 9.47 Å². The van der Waals surface area contributed by atoms with Gasteiger partial charge in [-0.2, -0.15) is 5.10 Å². The predicted octanol–water partition coefficient (Wildman–Crippen LogP) is 1.57. The fraction of sp³-hybridized carbons (Fsp3) is 0.818. The molecule has 8 nitrogen and oxygen atoms in total. The van der Waals surface area contributed by atoms with Gasteiger partial charge in [0, 0.05) is 24.2 Å². The number of methoxy groups -OCH3 is 1. The van der Waals surface area contributed by atoms with Gasteiger partial charge in [-0.05, 0) is 20.8 Å². The van der Waals surface area contributed by atoms with Gasteiger partial charge in [0.2, 0.25) is 6.54 Å². The van der Waals surface area contributed by atoms with E-state index in [9.17, 15) is 14.9 Å². The van der Waals surface area contributed by atoms with Crippen LogP contribution in [-0.4, -0.2) is 42.6 Å². The van der Waals surface area contributed by atoms with Crippen molar-refractivity contribution >= 4 is 11.8 Å². The van der Waals surface area contributed by atoms with Crippen molar-refractivity contribution in [3.05, 3.63) is 10.1 Å². The minimum Gasteiger partial charge on any atom is -0.443 e. The van der Waals surface area contributed by atoms with E-state index in [0.717, 1.165) is 0 Å². The molecule has 0 rings (SSSR count). The Morgan fingerprint density at radius 3 is 2.47 bits per heavy atom. The Bertz CT molecular complexity index is 336. The molecular formula is C11H21N3O5. The highest BCUT2D eigenvalue weighted by Gasteiger charge is 2.16. The van der Waals surface area contributed by atoms with Crippen LogP contribution in [0.4, 0.5) is 4.79 Å². The molecule has 0 saturated carbocycles. The van der Waals surface area contributed by atoms with Crippen LogP contribution >= 0.6 is 0 Å². The Morgan fingerprint density at radius 2 is 2.00 bits per heavy atom. The van der Waals surface area contributed by atoms with E-state index < -0.39 is 16.6 Å². The van der Waals surface area contributed by atoms with Crippen molar-refractivity contribution in [3.63, 3.8) is 0 Å². The molecule has 0 bridgehead atoms. The quantitative estimate of drug-likeness (QED) is 0.431. The van der Waals surface area contributed by atoms with Gasteiger partial charge in [0.1, 0.15) is 5.60 Å². The first-order valence-corrected chi connectivity index (χ1v) is 5.89. The summed E-state index contributed by atoms with van der Waals surface area (Å²) in [6.07, 6.45) is -0.115. The zero-order valence-corrected chi connectivity index (χ0v) is 11.8. The summed E-state index contributed by atoms with van der Waals surface area (Å²) in [4.78, 5) is 21.2. The molecule has 1 amide bonds. The summed E-state index contributed by atoms with van der Waals surface area (Å²) in [5, 5.41) is 14.1. The van der Waals surface area contributed by atoms with Crippen molar-refractivity contribution in [2.45, 2.75) is 39.2 Å². The summed E-state index contributed by atoms with van der Waals surface area (Å²) in [7, 11) is 1.52. The van der Waals surface area contributed by atoms with Gasteiger partial charge >= 0.3 is 6.09 Å². The van der Waals surface area contributed by atoms with Crippen molar-refractivity contribution < 1.29 is 19.2 Å². The lowest BCUT2D eigenvalue weighted by molar-refractivity contribution is -0.478. The Hall–Kier alpha value is -1.70. The first-order valence-electron chi connectivity index (χ1n) is 5.89. The Balaban J connectivity index is 4.36. The topological polar surface area (TPSA) is 103 Å². The maximum atomic E-state index is 11.4. The molecule has 0 heterocycles. The maximum Gasteiger partial charge on any atom is 0.428 e. The number of hydrogen-bond acceptors (Lipinski definition) is 6. The molecule has 0 fully saturated rings. The average molecular weight is 275 g/mol. The molecule has 8 heteroatoms. The molecule has 0 aromatic rings. The molecule has 0 aliphatic carbocycles. The van der Waals surface area contributed by atoms with E-state index in [1.807, 2.05) is 0 Å². The van der Waals surface area contributed by atoms with Gasteiger partial charge in [0.15, 0.2) is 0 Å². The molecule has 1 N–H and O–H groups in total. The zero-order chi connectivity index (χ0) is 14.9. The highest BCUT2D eigenvalue weighted by atomic mass is 16.6. The van der Waals surface area contributed by atoms with E-state index in [1.54, 1.807) is 20.8 Å². The fourth-order valence-electron chi connectivity index (χ4n) is 1.10. The van der Waals surface area contributed by atoms with Crippen molar-refractivity contribution in [2.24, 2.45) is 5.10 Å².